The lowest BCUT2D eigenvalue weighted by Crippen LogP contribution is -2.11. The van der Waals surface area contributed by atoms with Crippen LogP contribution in [0.25, 0.3) is 6.08 Å². The third-order valence-electron chi connectivity index (χ3n) is 4.56. The number of hydrogen-bond acceptors (Lipinski definition) is 5. The van der Waals surface area contributed by atoms with Gasteiger partial charge in [0.2, 0.25) is 5.78 Å². The first-order valence-electron chi connectivity index (χ1n) is 9.06. The number of fused-ring (bicyclic) bond motifs is 1. The van der Waals surface area contributed by atoms with Gasteiger partial charge >= 0.3 is 5.97 Å². The van der Waals surface area contributed by atoms with E-state index in [2.05, 4.69) is 0 Å². The highest BCUT2D eigenvalue weighted by Crippen LogP contribution is 2.41. The number of carbonyl (C=O) groups excluding carboxylic acids is 2. The number of ether oxygens (including phenoxy) is 2. The van der Waals surface area contributed by atoms with Gasteiger partial charge < -0.3 is 9.47 Å². The first-order valence-corrected chi connectivity index (χ1v) is 9.87. The zero-order valence-corrected chi connectivity index (χ0v) is 16.8. The van der Waals surface area contributed by atoms with Crippen molar-refractivity contribution in [2.24, 2.45) is 0 Å². The maximum absolute atomic E-state index is 12.7. The van der Waals surface area contributed by atoms with E-state index in [-0.39, 0.29) is 5.78 Å². The predicted octanol–water partition coefficient (Wildman–Crippen LogP) is 5.55. The molecule has 0 saturated heterocycles. The van der Waals surface area contributed by atoms with Crippen molar-refractivity contribution in [2.45, 2.75) is 11.8 Å². The SMILES string of the molecule is COc1ccccc1C(=O)Oc1ccc(C)cc1/C=C1/Sc2ccccc2C1=O. The topological polar surface area (TPSA) is 52.6 Å². The van der Waals surface area contributed by atoms with Crippen molar-refractivity contribution in [3.05, 3.63) is 93.9 Å². The fourth-order valence-corrected chi connectivity index (χ4v) is 4.16. The van der Waals surface area contributed by atoms with Crippen molar-refractivity contribution >= 4 is 29.6 Å². The van der Waals surface area contributed by atoms with Crippen molar-refractivity contribution < 1.29 is 19.1 Å². The number of methoxy groups -OCH3 is 1. The normalized spacial score (nSPS) is 14.0. The molecule has 0 unspecified atom stereocenters. The van der Waals surface area contributed by atoms with Crippen LogP contribution in [-0.2, 0) is 0 Å². The van der Waals surface area contributed by atoms with Crippen LogP contribution in [0, 0.1) is 6.92 Å². The van der Waals surface area contributed by atoms with Crippen LogP contribution in [0.5, 0.6) is 11.5 Å². The highest BCUT2D eigenvalue weighted by Gasteiger charge is 2.26. The average Bonchev–Trinajstić information content (AvgIpc) is 3.05. The van der Waals surface area contributed by atoms with E-state index in [4.69, 9.17) is 9.47 Å². The summed E-state index contributed by atoms with van der Waals surface area (Å²) in [6.07, 6.45) is 1.78. The second-order valence-electron chi connectivity index (χ2n) is 6.57. The lowest BCUT2D eigenvalue weighted by atomic mass is 10.1. The summed E-state index contributed by atoms with van der Waals surface area (Å²) in [5.41, 5.74) is 2.72. The zero-order chi connectivity index (χ0) is 20.4. The van der Waals surface area contributed by atoms with Crippen LogP contribution in [0.3, 0.4) is 0 Å². The number of esters is 1. The first kappa shape index (κ1) is 19.0. The van der Waals surface area contributed by atoms with Gasteiger partial charge in [0.05, 0.1) is 12.0 Å². The van der Waals surface area contributed by atoms with Crippen molar-refractivity contribution in [3.63, 3.8) is 0 Å². The molecule has 3 aromatic carbocycles. The van der Waals surface area contributed by atoms with Crippen molar-refractivity contribution in [1.82, 2.24) is 0 Å². The summed E-state index contributed by atoms with van der Waals surface area (Å²) in [7, 11) is 1.51. The Morgan fingerprint density at radius 1 is 0.966 bits per heavy atom. The van der Waals surface area contributed by atoms with Crippen molar-refractivity contribution in [2.75, 3.05) is 7.11 Å². The van der Waals surface area contributed by atoms with Gasteiger partial charge in [-0.3, -0.25) is 4.79 Å². The Kier molecular flexibility index (Phi) is 5.23. The molecule has 5 heteroatoms. The molecule has 0 spiro atoms. The van der Waals surface area contributed by atoms with E-state index in [9.17, 15) is 9.59 Å². The lowest BCUT2D eigenvalue weighted by molar-refractivity contribution is 0.0730. The Hall–Kier alpha value is -3.31. The molecular weight excluding hydrogens is 384 g/mol. The number of aryl methyl sites for hydroxylation is 1. The quantitative estimate of drug-likeness (QED) is 0.325. The molecular formula is C24H18O4S. The Labute approximate surface area is 173 Å². The van der Waals surface area contributed by atoms with Gasteiger partial charge in [0, 0.05) is 16.0 Å². The van der Waals surface area contributed by atoms with E-state index in [1.807, 2.05) is 43.3 Å². The summed E-state index contributed by atoms with van der Waals surface area (Å²) < 4.78 is 10.9. The lowest BCUT2D eigenvalue weighted by Gasteiger charge is -2.11. The summed E-state index contributed by atoms with van der Waals surface area (Å²) in [6.45, 7) is 1.95. The maximum atomic E-state index is 12.7. The van der Waals surface area contributed by atoms with Crippen LogP contribution in [0.15, 0.2) is 76.5 Å². The molecule has 1 aliphatic heterocycles. The van der Waals surface area contributed by atoms with E-state index in [1.54, 1.807) is 36.4 Å². The largest absolute Gasteiger partial charge is 0.496 e. The van der Waals surface area contributed by atoms with Crippen LogP contribution in [0.2, 0.25) is 0 Å². The minimum atomic E-state index is -0.514. The third kappa shape index (κ3) is 3.82. The Balaban J connectivity index is 1.67. The molecule has 0 amide bonds. The number of Topliss-reactive ketones (excluding diaryl/α,β-unsaturated/α-hetero) is 1. The van der Waals surface area contributed by atoms with Gasteiger partial charge in [-0.15, -0.1) is 0 Å². The van der Waals surface area contributed by atoms with E-state index >= 15 is 0 Å². The summed E-state index contributed by atoms with van der Waals surface area (Å²) in [5, 5.41) is 0. The van der Waals surface area contributed by atoms with Crippen LogP contribution < -0.4 is 9.47 Å². The minimum absolute atomic E-state index is 0.0193. The molecule has 144 valence electrons. The number of benzene rings is 3. The van der Waals surface area contributed by atoms with Crippen molar-refractivity contribution in [3.8, 4) is 11.5 Å². The van der Waals surface area contributed by atoms with Crippen LogP contribution >= 0.6 is 11.8 Å². The van der Waals surface area contributed by atoms with Gasteiger partial charge in [-0.25, -0.2) is 4.79 Å². The summed E-state index contributed by atoms with van der Waals surface area (Å²) in [6, 6.07) is 19.9. The van der Waals surface area contributed by atoms with Gasteiger partial charge in [0.1, 0.15) is 17.1 Å². The zero-order valence-electron chi connectivity index (χ0n) is 16.0. The minimum Gasteiger partial charge on any atom is -0.496 e. The van der Waals surface area contributed by atoms with E-state index in [0.717, 1.165) is 10.5 Å². The number of ketones is 1. The molecule has 4 rings (SSSR count). The summed E-state index contributed by atoms with van der Waals surface area (Å²) in [5.74, 6) is 0.304. The highest BCUT2D eigenvalue weighted by molar-refractivity contribution is 8.04. The summed E-state index contributed by atoms with van der Waals surface area (Å²) >= 11 is 1.43. The van der Waals surface area contributed by atoms with E-state index in [1.165, 1.54) is 18.9 Å². The average molecular weight is 402 g/mol. The van der Waals surface area contributed by atoms with Gasteiger partial charge in [-0.1, -0.05) is 47.7 Å². The van der Waals surface area contributed by atoms with Gasteiger partial charge in [-0.2, -0.15) is 0 Å². The van der Waals surface area contributed by atoms with Crippen LogP contribution in [-0.4, -0.2) is 18.9 Å². The second-order valence-corrected chi connectivity index (χ2v) is 7.65. The second kappa shape index (κ2) is 7.97. The molecule has 1 heterocycles. The van der Waals surface area contributed by atoms with Crippen LogP contribution in [0.1, 0.15) is 31.8 Å². The number of allylic oxidation sites excluding steroid dienone is 1. The molecule has 0 aliphatic carbocycles. The van der Waals surface area contributed by atoms with Crippen LogP contribution in [0.4, 0.5) is 0 Å². The maximum Gasteiger partial charge on any atom is 0.347 e. The number of thioether (sulfide) groups is 1. The van der Waals surface area contributed by atoms with Crippen molar-refractivity contribution in [1.29, 1.82) is 0 Å². The molecule has 4 nitrogen and oxygen atoms in total. The number of hydrogen-bond donors (Lipinski definition) is 0. The number of rotatable bonds is 4. The van der Waals surface area contributed by atoms with E-state index < -0.39 is 5.97 Å². The molecule has 0 aromatic heterocycles. The number of para-hydroxylation sites is 1. The fourth-order valence-electron chi connectivity index (χ4n) is 3.12. The van der Waals surface area contributed by atoms with Gasteiger partial charge in [-0.05, 0) is 49.4 Å². The molecule has 0 radical (unpaired) electrons. The summed E-state index contributed by atoms with van der Waals surface area (Å²) in [4.78, 5) is 27.0. The fraction of sp³-hybridized carbons (Fsp3) is 0.0833. The molecule has 0 saturated carbocycles. The standard InChI is InChI=1S/C24H18O4S/c1-15-11-12-19(28-24(26)17-7-3-5-9-20(17)27-2)16(13-15)14-22-23(25)18-8-4-6-10-21(18)29-22/h3-14H,1-2H3/b22-14+. The molecule has 0 N–H and O–H groups in total. The molecule has 0 fully saturated rings. The first-order chi connectivity index (χ1) is 14.1. The number of carbonyl (C=O) groups is 2. The molecule has 29 heavy (non-hydrogen) atoms. The molecule has 0 atom stereocenters. The highest BCUT2D eigenvalue weighted by atomic mass is 32.2. The Morgan fingerprint density at radius 2 is 1.72 bits per heavy atom. The van der Waals surface area contributed by atoms with Gasteiger partial charge in [0.25, 0.3) is 0 Å². The smallest absolute Gasteiger partial charge is 0.347 e. The molecule has 3 aromatic rings. The predicted molar refractivity (Wildman–Crippen MR) is 114 cm³/mol. The third-order valence-corrected chi connectivity index (χ3v) is 5.66. The van der Waals surface area contributed by atoms with Gasteiger partial charge in [0.15, 0.2) is 0 Å². The Bertz CT molecular complexity index is 1150. The molecule has 1 aliphatic rings. The Morgan fingerprint density at radius 3 is 2.52 bits per heavy atom. The monoisotopic (exact) mass is 402 g/mol. The van der Waals surface area contributed by atoms with E-state index in [0.29, 0.717) is 33.1 Å². The molecule has 0 bridgehead atoms.